The van der Waals surface area contributed by atoms with Gasteiger partial charge in [-0.3, -0.25) is 4.79 Å². The Hall–Kier alpha value is -2.82. The zero-order valence-corrected chi connectivity index (χ0v) is 16.1. The summed E-state index contributed by atoms with van der Waals surface area (Å²) in [6, 6.07) is 13.8. The molecule has 0 unspecified atom stereocenters. The molecule has 0 radical (unpaired) electrons. The molecular formula is C22H28N2O3. The van der Waals surface area contributed by atoms with Crippen molar-refractivity contribution in [3.63, 3.8) is 0 Å². The van der Waals surface area contributed by atoms with E-state index in [0.29, 0.717) is 18.6 Å². The highest BCUT2D eigenvalue weighted by molar-refractivity contribution is 6.02. The number of benzene rings is 2. The predicted octanol–water partition coefficient (Wildman–Crippen LogP) is 4.90. The number of carbonyl (C=O) groups excluding carboxylic acids is 1. The number of amides is 1. The van der Waals surface area contributed by atoms with E-state index in [1.165, 1.54) is 19.3 Å². The van der Waals surface area contributed by atoms with Crippen LogP contribution >= 0.6 is 0 Å². The van der Waals surface area contributed by atoms with Gasteiger partial charge in [0.2, 0.25) is 0 Å². The molecule has 0 aliphatic carbocycles. The van der Waals surface area contributed by atoms with E-state index in [-0.39, 0.29) is 11.7 Å². The molecule has 5 heteroatoms. The standard InChI is InChI=1S/C22H28N2O3/c1-3-5-6-7-16-27-20-14-10-18(11-15-20)22(26)24-23-21(4-2)17-8-12-19(25)13-9-17/h8-15,25H,3-7,16H2,1-2H3,(H,24,26)/b23-21+. The number of nitrogens with one attached hydrogen (secondary N) is 1. The molecule has 0 aromatic heterocycles. The molecule has 0 heterocycles. The number of ether oxygens (including phenoxy) is 1. The van der Waals surface area contributed by atoms with Crippen LogP contribution in [0.15, 0.2) is 53.6 Å². The average Bonchev–Trinajstić information content (AvgIpc) is 2.70. The van der Waals surface area contributed by atoms with Crippen LogP contribution in [0.5, 0.6) is 11.5 Å². The average molecular weight is 368 g/mol. The molecule has 27 heavy (non-hydrogen) atoms. The largest absolute Gasteiger partial charge is 0.508 e. The molecule has 0 aliphatic heterocycles. The van der Waals surface area contributed by atoms with Crippen molar-refractivity contribution < 1.29 is 14.6 Å². The van der Waals surface area contributed by atoms with Gasteiger partial charge in [-0.15, -0.1) is 0 Å². The van der Waals surface area contributed by atoms with E-state index in [2.05, 4.69) is 17.5 Å². The van der Waals surface area contributed by atoms with E-state index in [1.54, 1.807) is 48.5 Å². The van der Waals surface area contributed by atoms with Crippen LogP contribution in [0.4, 0.5) is 0 Å². The third-order valence-electron chi connectivity index (χ3n) is 4.21. The maximum atomic E-state index is 12.3. The van der Waals surface area contributed by atoms with Gasteiger partial charge in [0.25, 0.3) is 5.91 Å². The summed E-state index contributed by atoms with van der Waals surface area (Å²) < 4.78 is 5.69. The van der Waals surface area contributed by atoms with Crippen LogP contribution in [0.2, 0.25) is 0 Å². The van der Waals surface area contributed by atoms with Gasteiger partial charge in [-0.05, 0) is 66.9 Å². The number of unbranched alkanes of at least 4 members (excludes halogenated alkanes) is 3. The Morgan fingerprint density at radius 3 is 2.26 bits per heavy atom. The van der Waals surface area contributed by atoms with Crippen molar-refractivity contribution in [1.82, 2.24) is 5.43 Å². The van der Waals surface area contributed by atoms with Crippen LogP contribution in [-0.2, 0) is 0 Å². The summed E-state index contributed by atoms with van der Waals surface area (Å²) in [4.78, 5) is 12.3. The van der Waals surface area contributed by atoms with Gasteiger partial charge in [0, 0.05) is 5.56 Å². The van der Waals surface area contributed by atoms with E-state index >= 15 is 0 Å². The summed E-state index contributed by atoms with van der Waals surface area (Å²) in [5.74, 6) is 0.699. The summed E-state index contributed by atoms with van der Waals surface area (Å²) in [6.45, 7) is 4.84. The first-order valence-electron chi connectivity index (χ1n) is 9.53. The number of aromatic hydroxyl groups is 1. The van der Waals surface area contributed by atoms with Crippen molar-refractivity contribution in [1.29, 1.82) is 0 Å². The second-order valence-corrected chi connectivity index (χ2v) is 6.33. The van der Waals surface area contributed by atoms with Gasteiger partial charge in [-0.25, -0.2) is 5.43 Å². The van der Waals surface area contributed by atoms with Crippen molar-refractivity contribution in [3.05, 3.63) is 59.7 Å². The number of nitrogens with zero attached hydrogens (tertiary/aromatic N) is 1. The van der Waals surface area contributed by atoms with Crippen LogP contribution in [0, 0.1) is 0 Å². The monoisotopic (exact) mass is 368 g/mol. The summed E-state index contributed by atoms with van der Waals surface area (Å²) in [5.41, 5.74) is 4.73. The van der Waals surface area contributed by atoms with E-state index in [9.17, 15) is 9.90 Å². The summed E-state index contributed by atoms with van der Waals surface area (Å²) in [6.07, 6.45) is 5.32. The lowest BCUT2D eigenvalue weighted by atomic mass is 10.1. The van der Waals surface area contributed by atoms with Gasteiger partial charge in [0.15, 0.2) is 0 Å². The minimum atomic E-state index is -0.269. The first-order chi connectivity index (χ1) is 13.1. The number of carbonyl (C=O) groups is 1. The molecule has 2 aromatic rings. The molecule has 0 saturated heterocycles. The lowest BCUT2D eigenvalue weighted by Crippen LogP contribution is -2.20. The molecule has 5 nitrogen and oxygen atoms in total. The molecule has 0 spiro atoms. The number of hydrazone groups is 1. The number of phenolic OH excluding ortho intramolecular Hbond substituents is 1. The van der Waals surface area contributed by atoms with Crippen LogP contribution in [-0.4, -0.2) is 23.3 Å². The predicted molar refractivity (Wildman–Crippen MR) is 108 cm³/mol. The van der Waals surface area contributed by atoms with Gasteiger partial charge >= 0.3 is 0 Å². The Morgan fingerprint density at radius 2 is 1.63 bits per heavy atom. The van der Waals surface area contributed by atoms with E-state index in [0.717, 1.165) is 23.4 Å². The fraction of sp³-hybridized carbons (Fsp3) is 0.364. The van der Waals surface area contributed by atoms with Gasteiger partial charge in [-0.1, -0.05) is 33.1 Å². The van der Waals surface area contributed by atoms with Crippen LogP contribution in [0.1, 0.15) is 61.9 Å². The normalized spacial score (nSPS) is 11.3. The van der Waals surface area contributed by atoms with Gasteiger partial charge in [0.05, 0.1) is 12.3 Å². The molecule has 2 aromatic carbocycles. The van der Waals surface area contributed by atoms with Gasteiger partial charge < -0.3 is 9.84 Å². The Balaban J connectivity index is 1.90. The minimum Gasteiger partial charge on any atom is -0.508 e. The Bertz CT molecular complexity index is 737. The maximum absolute atomic E-state index is 12.3. The highest BCUT2D eigenvalue weighted by atomic mass is 16.5. The third-order valence-corrected chi connectivity index (χ3v) is 4.21. The molecule has 0 atom stereocenters. The topological polar surface area (TPSA) is 70.9 Å². The Kier molecular flexibility index (Phi) is 8.36. The lowest BCUT2D eigenvalue weighted by molar-refractivity contribution is 0.0954. The van der Waals surface area contributed by atoms with Gasteiger partial charge in [-0.2, -0.15) is 5.10 Å². The highest BCUT2D eigenvalue weighted by Gasteiger charge is 2.07. The molecule has 0 bridgehead atoms. The Morgan fingerprint density at radius 1 is 0.963 bits per heavy atom. The molecule has 0 fully saturated rings. The number of hydrogen-bond acceptors (Lipinski definition) is 4. The molecular weight excluding hydrogens is 340 g/mol. The molecule has 0 saturated carbocycles. The van der Waals surface area contributed by atoms with E-state index in [4.69, 9.17) is 4.74 Å². The molecule has 2 rings (SSSR count). The summed E-state index contributed by atoms with van der Waals surface area (Å²) in [5, 5.41) is 13.6. The second kappa shape index (κ2) is 11.0. The smallest absolute Gasteiger partial charge is 0.271 e. The second-order valence-electron chi connectivity index (χ2n) is 6.33. The first kappa shape index (κ1) is 20.5. The number of rotatable bonds is 10. The fourth-order valence-corrected chi connectivity index (χ4v) is 2.61. The molecule has 144 valence electrons. The van der Waals surface area contributed by atoms with Crippen LogP contribution < -0.4 is 10.2 Å². The van der Waals surface area contributed by atoms with Crippen LogP contribution in [0.25, 0.3) is 0 Å². The lowest BCUT2D eigenvalue weighted by Gasteiger charge is -2.08. The van der Waals surface area contributed by atoms with Crippen molar-refractivity contribution in [2.45, 2.75) is 46.0 Å². The summed E-state index contributed by atoms with van der Waals surface area (Å²) in [7, 11) is 0. The van der Waals surface area contributed by atoms with Crippen LogP contribution in [0.3, 0.4) is 0 Å². The molecule has 0 aliphatic rings. The number of hydrogen-bond donors (Lipinski definition) is 2. The van der Waals surface area contributed by atoms with E-state index < -0.39 is 0 Å². The molecule has 1 amide bonds. The highest BCUT2D eigenvalue weighted by Crippen LogP contribution is 2.14. The van der Waals surface area contributed by atoms with Crippen molar-refractivity contribution in [2.75, 3.05) is 6.61 Å². The Labute approximate surface area is 161 Å². The zero-order chi connectivity index (χ0) is 19.5. The number of phenols is 1. The quantitative estimate of drug-likeness (QED) is 0.356. The molecule has 2 N–H and O–H groups in total. The van der Waals surface area contributed by atoms with Gasteiger partial charge in [0.1, 0.15) is 11.5 Å². The maximum Gasteiger partial charge on any atom is 0.271 e. The zero-order valence-electron chi connectivity index (χ0n) is 16.1. The van der Waals surface area contributed by atoms with E-state index in [1.807, 2.05) is 6.92 Å². The third kappa shape index (κ3) is 6.77. The summed E-state index contributed by atoms with van der Waals surface area (Å²) >= 11 is 0. The fourth-order valence-electron chi connectivity index (χ4n) is 2.61. The first-order valence-corrected chi connectivity index (χ1v) is 9.53. The van der Waals surface area contributed by atoms with Crippen molar-refractivity contribution >= 4 is 11.6 Å². The minimum absolute atomic E-state index is 0.200. The van der Waals surface area contributed by atoms with Crippen molar-refractivity contribution in [3.8, 4) is 11.5 Å². The SMILES string of the molecule is CCCCCCOc1ccc(C(=O)N/N=C(\CC)c2ccc(O)cc2)cc1. The van der Waals surface area contributed by atoms with Crippen molar-refractivity contribution in [2.24, 2.45) is 5.10 Å².